The van der Waals surface area contributed by atoms with Gasteiger partial charge in [-0.25, -0.2) is 28.8 Å². The number of H-pyrrole nitrogens is 3. The van der Waals surface area contributed by atoms with Crippen molar-refractivity contribution in [3.63, 3.8) is 0 Å². The van der Waals surface area contributed by atoms with Gasteiger partial charge in [0.05, 0.1) is 112 Å². The molecule has 0 unspecified atom stereocenters. The highest BCUT2D eigenvalue weighted by Gasteiger charge is 2.26. The summed E-state index contributed by atoms with van der Waals surface area (Å²) in [5.74, 6) is -6.34. The number of benzene rings is 6. The Kier molecular flexibility index (Phi) is 73.5. The second-order valence-electron chi connectivity index (χ2n) is 29.6. The number of aromatic nitrogens is 12. The van der Waals surface area contributed by atoms with E-state index in [1.54, 1.807) is 175 Å². The van der Waals surface area contributed by atoms with Gasteiger partial charge in [0.25, 0.3) is 11.8 Å². The molecule has 0 aliphatic carbocycles. The largest absolute Gasteiger partial charge is 0.480 e. The van der Waals surface area contributed by atoms with Gasteiger partial charge in [-0.15, -0.1) is 5.16 Å². The fraction of sp³-hybridized carbons (Fsp3) is 0.337. The Morgan fingerprint density at radius 2 is 0.772 bits per heavy atom. The molecule has 149 heavy (non-hydrogen) atoms. The lowest BCUT2D eigenvalue weighted by molar-refractivity contribution is -0.156. The fourth-order valence-corrected chi connectivity index (χ4v) is 19.8. The van der Waals surface area contributed by atoms with Crippen molar-refractivity contribution in [1.29, 1.82) is 10.5 Å². The Bertz CT molecular complexity index is 7170. The average molecular weight is 2620 g/mol. The molecule has 12 aromatic rings. The third-order valence-electron chi connectivity index (χ3n) is 16.0. The molecule has 6 aromatic carbocycles. The number of esters is 9. The topological polar surface area (TPSA) is 580 Å². The zero-order valence-electron chi connectivity index (χ0n) is 81.5. The number of primary amides is 2. The maximum atomic E-state index is 12.0. The Morgan fingerprint density at radius 1 is 0.450 bits per heavy atom. The van der Waals surface area contributed by atoms with Gasteiger partial charge < -0.3 is 64.4 Å². The first-order chi connectivity index (χ1) is 70.1. The number of fused-ring (bicyclic) bond motifs is 6. The summed E-state index contributed by atoms with van der Waals surface area (Å²) in [6, 6.07) is 33.3. The monoisotopic (exact) mass is 2610 g/mol. The molecule has 0 aliphatic rings. The molecule has 0 atom stereocenters. The molecule has 40 nitrogen and oxygen atoms in total. The summed E-state index contributed by atoms with van der Waals surface area (Å²) < 4.78 is 49.7. The van der Waals surface area contributed by atoms with E-state index in [4.69, 9.17) is 69.7 Å². The number of amides is 2. The van der Waals surface area contributed by atoms with Crippen molar-refractivity contribution in [3.8, 4) is 12.1 Å². The molecular formula is C86H99BrIN17O23S21. The highest BCUT2D eigenvalue weighted by molar-refractivity contribution is 14.1. The number of carboxylic acid groups (broad SMARTS) is 1. The van der Waals surface area contributed by atoms with Gasteiger partial charge in [-0.05, 0) is 243 Å². The van der Waals surface area contributed by atoms with Crippen LogP contribution in [0, 0.1) is 26.4 Å². The van der Waals surface area contributed by atoms with Crippen LogP contribution in [0.15, 0.2) is 121 Å². The molecule has 0 saturated heterocycles. The number of aliphatic carboxylic acids is 1. The van der Waals surface area contributed by atoms with E-state index in [1.807, 2.05) is 39.0 Å². The van der Waals surface area contributed by atoms with E-state index in [0.29, 0.717) is 80.2 Å². The number of carbonyl (C=O) groups excluding carboxylic acids is 11. The van der Waals surface area contributed by atoms with E-state index in [-0.39, 0.29) is 109 Å². The van der Waals surface area contributed by atoms with Crippen LogP contribution in [0.1, 0.15) is 205 Å². The van der Waals surface area contributed by atoms with Crippen LogP contribution in [-0.2, 0) is 282 Å². The normalized spacial score (nSPS) is 9.88. The Hall–Kier alpha value is -9.81. The molecule has 0 radical (unpaired) electrons. The standard InChI is InChI=1S/C17H21N3O5.C17H19N3O4.C13H13N3O5.C11H9N3O2.C10H9IN2O2.C10H10N2O2.C6H11BrO2.C2H5NO.S6.S5.S4.S3.S2.H2S/c1-5-24-16(23)10-6-7-12-11(8-10)14(15(18)22)19-20(12)9-13(21)25-17(2,3)4;1-5-23-16(22)11-6-7-14-12(8-11)13(9-18)19-20(14)10-15(21)24-17(2,3)4;1-2-21-13(20)7-3-4-9-8(5-7)11(12(14)19)15-16(9)6-10(17)18;1-2-16-11(15)7-3-4-9-8(5-7)10(6-12)14-13-9;1-2-15-10(14)6-3-4-8-7(5-6)9(11)13-12-8;1-2-14-10(13)7-3-4-9-8(5-7)6-11-12-9;1-6(2,3)9-5(8)4-7;1-2-3-4;1-3-5-6-4-2;1-3-5-4-2;1-3-4-2;1-3-2;1-2;/h6-8H,5,9H2,1-4H3,(H2,18,22);6-8H,5,10H2,1-4H3;3-5H,2,6H2,1H3,(H2,14,19)(H,17,18);3-5H,2H2,1H3,(H,13,14);3-5H,2H2,1H3,(H,12,13);3-6H,2H2,1H3,(H,11,12);4H2,1-3H3;2,4H,1H3;;;;;;1H2/b;;;;;;;3-2+;;;;;;. The minimum Gasteiger partial charge on any atom is -0.480 e. The van der Waals surface area contributed by atoms with E-state index < -0.39 is 71.3 Å². The lowest BCUT2D eigenvalue weighted by Crippen LogP contribution is -2.27. The number of alkyl halides is 1. The molecule has 63 heteroatoms. The lowest BCUT2D eigenvalue weighted by atomic mass is 10.1. The van der Waals surface area contributed by atoms with E-state index >= 15 is 0 Å². The minimum absolute atomic E-state index is 0. The zero-order chi connectivity index (χ0) is 113. The summed E-state index contributed by atoms with van der Waals surface area (Å²) in [6.45, 7) is 29.3. The van der Waals surface area contributed by atoms with Crippen LogP contribution in [-0.4, -0.2) is 210 Å². The average Bonchev–Trinajstić information content (AvgIpc) is 1.64. The molecule has 6 aromatic heterocycles. The van der Waals surface area contributed by atoms with Gasteiger partial charge in [-0.3, -0.25) is 58.1 Å². The van der Waals surface area contributed by atoms with Crippen molar-refractivity contribution < 1.29 is 110 Å². The van der Waals surface area contributed by atoms with Crippen LogP contribution in [0.25, 0.3) is 65.4 Å². The number of nitrogens with zero attached hydrogens (tertiary/aromatic N) is 12. The third kappa shape index (κ3) is 53.8. The molecule has 12 rings (SSSR count). The molecule has 0 spiro atoms. The van der Waals surface area contributed by atoms with E-state index in [2.05, 4.69) is 201 Å². The fourth-order valence-electron chi connectivity index (χ4n) is 10.9. The molecule has 2 amide bonds. The quantitative estimate of drug-likeness (QED) is 0.00668. The van der Waals surface area contributed by atoms with Gasteiger partial charge in [-0.2, -0.15) is 54.6 Å². The number of ether oxygens (including phenoxy) is 9. The van der Waals surface area contributed by atoms with Crippen LogP contribution in [0.5, 0.6) is 0 Å². The van der Waals surface area contributed by atoms with Crippen molar-refractivity contribution in [1.82, 2.24) is 59.9 Å². The first kappa shape index (κ1) is 141. The molecule has 0 fully saturated rings. The van der Waals surface area contributed by atoms with Crippen molar-refractivity contribution in [2.45, 2.75) is 147 Å². The van der Waals surface area contributed by atoms with Crippen molar-refractivity contribution >= 4 is 396 Å². The zero-order valence-corrected chi connectivity index (χ0v) is 103. The van der Waals surface area contributed by atoms with Crippen LogP contribution in [0.4, 0.5) is 0 Å². The van der Waals surface area contributed by atoms with E-state index in [9.17, 15) is 62.8 Å². The third-order valence-corrected chi connectivity index (χ3v) is 30.6. The number of hydrogen-bond acceptors (Lipinski definition) is 41. The number of nitriles is 2. The molecule has 806 valence electrons. The SMILES string of the molecule is C/C=N/O.CC(C)(C)OC(=O)CBr.CCOC(=O)c1ccc2[nH]nc(C#N)c2c1.CCOC(=O)c1ccc2[nH]ncc2c1.CCOC(=O)c1ccc2c(c1)c(C#N)nn2CC(=O)OC(C)(C)C.CCOC(=O)c1ccc2c(c1)c(C(N)=O)nn2CC(=O)O.CCOC(=O)c1ccc2c(c1)c(C(N)=O)nn2CC(=O)OC(C)(C)C.CCOC(=O)c1ccc2n[nH]c(I)c2c1.S.S=S.S=S=S.S=S=S=S.S=S=S=S=S.S=S=S=S=S=S. The highest BCUT2D eigenvalue weighted by Crippen LogP contribution is 2.27. The molecule has 0 saturated carbocycles. The number of carbonyl (C=O) groups is 12. The van der Waals surface area contributed by atoms with Gasteiger partial charge >= 0.3 is 59.7 Å². The van der Waals surface area contributed by atoms with Gasteiger partial charge in [0, 0.05) is 239 Å². The predicted octanol–water partition coefficient (Wildman–Crippen LogP) is 12.4. The second kappa shape index (κ2) is 77.5. The van der Waals surface area contributed by atoms with Crippen LogP contribution in [0.2, 0.25) is 0 Å². The number of aromatic amines is 3. The Morgan fingerprint density at radius 3 is 1.09 bits per heavy atom. The van der Waals surface area contributed by atoms with Gasteiger partial charge in [0.1, 0.15) is 57.6 Å². The van der Waals surface area contributed by atoms with E-state index in [0.717, 1.165) is 44.6 Å². The van der Waals surface area contributed by atoms with Gasteiger partial charge in [0.2, 0.25) is 0 Å². The van der Waals surface area contributed by atoms with E-state index in [1.165, 1.54) is 120 Å². The maximum absolute atomic E-state index is 12.0. The van der Waals surface area contributed by atoms with Crippen molar-refractivity contribution in [2.75, 3.05) is 45.0 Å². The lowest BCUT2D eigenvalue weighted by Gasteiger charge is -2.19. The minimum atomic E-state index is -1.11. The molecule has 9 N–H and O–H groups in total. The van der Waals surface area contributed by atoms with Crippen molar-refractivity contribution in [2.24, 2.45) is 16.6 Å². The smallest absolute Gasteiger partial charge is 0.338 e. The molecule has 0 bridgehead atoms. The molecule has 0 aliphatic heterocycles. The van der Waals surface area contributed by atoms with Crippen molar-refractivity contribution in [3.05, 3.63) is 175 Å². The summed E-state index contributed by atoms with van der Waals surface area (Å²) in [5, 5.41) is 73.2. The van der Waals surface area contributed by atoms with Crippen LogP contribution >= 0.6 is 52.0 Å². The second-order valence-corrected chi connectivity index (χ2v) is 48.9. The Balaban J connectivity index is 0. The number of halogens is 2. The highest BCUT2D eigenvalue weighted by atomic mass is 127. The predicted molar refractivity (Wildman–Crippen MR) is 635 cm³/mol. The Labute approximate surface area is 962 Å². The number of oxime groups is 1. The first-order valence-electron chi connectivity index (χ1n) is 41.5. The summed E-state index contributed by atoms with van der Waals surface area (Å²) in [4.78, 5) is 138. The number of carboxylic acids is 1. The molecule has 6 heterocycles. The number of hydrogen-bond donors (Lipinski definition) is 7. The van der Waals surface area contributed by atoms with Crippen LogP contribution < -0.4 is 11.5 Å². The number of nitrogens with two attached hydrogens (primary N) is 2. The molecular weight excluding hydrogens is 2520 g/mol. The maximum Gasteiger partial charge on any atom is 0.338 e. The van der Waals surface area contributed by atoms with Crippen LogP contribution in [0.3, 0.4) is 0 Å². The summed E-state index contributed by atoms with van der Waals surface area (Å²) in [6.07, 6.45) is 2.98. The summed E-state index contributed by atoms with van der Waals surface area (Å²) in [7, 11) is 12.8. The van der Waals surface area contributed by atoms with Gasteiger partial charge in [-0.1, -0.05) is 15.9 Å². The number of nitrogens with one attached hydrogen (secondary N) is 3. The summed E-state index contributed by atoms with van der Waals surface area (Å²) >= 11 is 47.3. The summed E-state index contributed by atoms with van der Waals surface area (Å²) in [5.41, 5.74) is 15.7. The first-order valence-corrected chi connectivity index (χ1v) is 63.7. The number of rotatable bonds is 21. The van der Waals surface area contributed by atoms with Gasteiger partial charge in [0.15, 0.2) is 22.8 Å².